The number of rotatable bonds is 4. The van der Waals surface area contributed by atoms with Gasteiger partial charge in [0.1, 0.15) is 5.39 Å². The van der Waals surface area contributed by atoms with E-state index in [9.17, 15) is 4.79 Å². The minimum Gasteiger partial charge on any atom is -0.352 e. The summed E-state index contributed by atoms with van der Waals surface area (Å²) in [5, 5.41) is 12.1. The standard InChI is InChI=1S/C18H20N8O/c1-18(2,3)26-15-13(11-22-26)16(27)24-17(23-15)20-10-12-5-7-19-14(9-12)25-8-4-6-21-25/h4-9,11H,10H2,1-3H3,(H2,20,23,24,27). The van der Waals surface area contributed by atoms with Crippen LogP contribution >= 0.6 is 0 Å². The number of H-pyrrole nitrogens is 1. The van der Waals surface area contributed by atoms with Crippen LogP contribution in [0.25, 0.3) is 16.9 Å². The molecule has 0 atom stereocenters. The predicted molar refractivity (Wildman–Crippen MR) is 102 cm³/mol. The number of nitrogens with one attached hydrogen (secondary N) is 2. The van der Waals surface area contributed by atoms with E-state index in [2.05, 4.69) is 30.5 Å². The highest BCUT2D eigenvalue weighted by molar-refractivity contribution is 5.74. The summed E-state index contributed by atoms with van der Waals surface area (Å²) in [6.07, 6.45) is 6.81. The first-order chi connectivity index (χ1) is 12.9. The third kappa shape index (κ3) is 3.31. The number of fused-ring (bicyclic) bond motifs is 1. The quantitative estimate of drug-likeness (QED) is 0.574. The number of aromatic amines is 1. The molecular weight excluding hydrogens is 344 g/mol. The largest absolute Gasteiger partial charge is 0.352 e. The van der Waals surface area contributed by atoms with E-state index in [0.717, 1.165) is 11.4 Å². The molecule has 4 heterocycles. The van der Waals surface area contributed by atoms with Gasteiger partial charge in [-0.3, -0.25) is 9.78 Å². The molecule has 0 radical (unpaired) electrons. The van der Waals surface area contributed by atoms with Crippen LogP contribution in [-0.2, 0) is 12.1 Å². The Morgan fingerprint density at radius 2 is 2.07 bits per heavy atom. The fraction of sp³-hybridized carbons (Fsp3) is 0.278. The van der Waals surface area contributed by atoms with Crippen molar-refractivity contribution < 1.29 is 0 Å². The highest BCUT2D eigenvalue weighted by Crippen LogP contribution is 2.19. The van der Waals surface area contributed by atoms with Crippen LogP contribution in [0.3, 0.4) is 0 Å². The van der Waals surface area contributed by atoms with Gasteiger partial charge in [0, 0.05) is 25.1 Å². The Balaban J connectivity index is 1.61. The van der Waals surface area contributed by atoms with E-state index >= 15 is 0 Å². The zero-order valence-electron chi connectivity index (χ0n) is 15.3. The molecule has 0 spiro atoms. The van der Waals surface area contributed by atoms with Crippen LogP contribution in [0.5, 0.6) is 0 Å². The maximum atomic E-state index is 12.4. The van der Waals surface area contributed by atoms with Gasteiger partial charge in [0.15, 0.2) is 11.5 Å². The number of hydrogen-bond acceptors (Lipinski definition) is 6. The number of aromatic nitrogens is 7. The lowest BCUT2D eigenvalue weighted by Gasteiger charge is -2.19. The van der Waals surface area contributed by atoms with E-state index in [1.165, 1.54) is 0 Å². The second-order valence-corrected chi connectivity index (χ2v) is 7.21. The Morgan fingerprint density at radius 3 is 2.81 bits per heavy atom. The third-order valence-electron chi connectivity index (χ3n) is 4.08. The molecule has 0 saturated carbocycles. The van der Waals surface area contributed by atoms with E-state index in [0.29, 0.717) is 23.5 Å². The number of anilines is 1. The van der Waals surface area contributed by atoms with Crippen molar-refractivity contribution >= 4 is 17.0 Å². The maximum absolute atomic E-state index is 12.4. The Bertz CT molecular complexity index is 1130. The summed E-state index contributed by atoms with van der Waals surface area (Å²) in [7, 11) is 0. The SMILES string of the molecule is CC(C)(C)n1ncc2c(=O)[nH]c(NCc3ccnc(-n4cccn4)c3)nc21. The normalized spacial score (nSPS) is 11.8. The van der Waals surface area contributed by atoms with Crippen molar-refractivity contribution in [3.05, 3.63) is 58.9 Å². The molecule has 0 aliphatic heterocycles. The molecular formula is C18H20N8O. The number of pyridine rings is 1. The Morgan fingerprint density at radius 1 is 1.22 bits per heavy atom. The van der Waals surface area contributed by atoms with Gasteiger partial charge in [-0.15, -0.1) is 0 Å². The Kier molecular flexibility index (Phi) is 3.98. The summed E-state index contributed by atoms with van der Waals surface area (Å²) in [6.45, 7) is 6.53. The molecule has 0 fully saturated rings. The van der Waals surface area contributed by atoms with Crippen LogP contribution in [0.15, 0.2) is 47.8 Å². The lowest BCUT2D eigenvalue weighted by atomic mass is 10.1. The zero-order valence-corrected chi connectivity index (χ0v) is 15.3. The molecule has 4 rings (SSSR count). The maximum Gasteiger partial charge on any atom is 0.263 e. The molecule has 9 nitrogen and oxygen atoms in total. The first-order valence-electron chi connectivity index (χ1n) is 8.59. The Labute approximate surface area is 155 Å². The van der Waals surface area contributed by atoms with E-state index in [-0.39, 0.29) is 11.1 Å². The van der Waals surface area contributed by atoms with Gasteiger partial charge in [0.25, 0.3) is 5.56 Å². The Hall–Kier alpha value is -3.49. The minimum absolute atomic E-state index is 0.218. The molecule has 138 valence electrons. The molecule has 9 heteroatoms. The fourth-order valence-corrected chi connectivity index (χ4v) is 2.78. The fourth-order valence-electron chi connectivity index (χ4n) is 2.78. The zero-order chi connectivity index (χ0) is 19.0. The summed E-state index contributed by atoms with van der Waals surface area (Å²) in [4.78, 5) is 24.0. The van der Waals surface area contributed by atoms with Gasteiger partial charge < -0.3 is 5.32 Å². The van der Waals surface area contributed by atoms with Gasteiger partial charge in [0.2, 0.25) is 5.95 Å². The molecule has 2 N–H and O–H groups in total. The van der Waals surface area contributed by atoms with Crippen LogP contribution in [-0.4, -0.2) is 34.5 Å². The highest BCUT2D eigenvalue weighted by atomic mass is 16.1. The number of hydrogen-bond donors (Lipinski definition) is 2. The van der Waals surface area contributed by atoms with Crippen LogP contribution in [0.4, 0.5) is 5.95 Å². The molecule has 0 saturated heterocycles. The van der Waals surface area contributed by atoms with Crippen LogP contribution in [0, 0.1) is 0 Å². The van der Waals surface area contributed by atoms with Gasteiger partial charge in [-0.2, -0.15) is 15.2 Å². The second-order valence-electron chi connectivity index (χ2n) is 7.21. The first kappa shape index (κ1) is 17.0. The van der Waals surface area contributed by atoms with Gasteiger partial charge in [0.05, 0.1) is 11.7 Å². The molecule has 0 amide bonds. The topological polar surface area (TPSA) is 106 Å². The first-order valence-corrected chi connectivity index (χ1v) is 8.59. The lowest BCUT2D eigenvalue weighted by Crippen LogP contribution is -2.24. The highest BCUT2D eigenvalue weighted by Gasteiger charge is 2.19. The van der Waals surface area contributed by atoms with Crippen molar-refractivity contribution in [2.24, 2.45) is 0 Å². The summed E-state index contributed by atoms with van der Waals surface area (Å²) in [5.74, 6) is 1.12. The predicted octanol–water partition coefficient (Wildman–Crippen LogP) is 2.07. The van der Waals surface area contributed by atoms with Crippen molar-refractivity contribution in [3.8, 4) is 5.82 Å². The van der Waals surface area contributed by atoms with Gasteiger partial charge >= 0.3 is 0 Å². The van der Waals surface area contributed by atoms with Gasteiger partial charge in [-0.25, -0.2) is 14.3 Å². The molecule has 27 heavy (non-hydrogen) atoms. The van der Waals surface area contributed by atoms with E-state index < -0.39 is 0 Å². The number of nitrogens with zero attached hydrogens (tertiary/aromatic N) is 6. The average Bonchev–Trinajstić information content (AvgIpc) is 3.29. The van der Waals surface area contributed by atoms with Crippen LogP contribution < -0.4 is 10.9 Å². The van der Waals surface area contributed by atoms with Crippen molar-refractivity contribution in [1.82, 2.24) is 34.5 Å². The smallest absolute Gasteiger partial charge is 0.263 e. The van der Waals surface area contributed by atoms with Crippen molar-refractivity contribution in [2.45, 2.75) is 32.9 Å². The van der Waals surface area contributed by atoms with E-state index in [4.69, 9.17) is 0 Å². The van der Waals surface area contributed by atoms with Crippen molar-refractivity contribution in [1.29, 1.82) is 0 Å². The summed E-state index contributed by atoms with van der Waals surface area (Å²) >= 11 is 0. The molecule has 0 unspecified atom stereocenters. The van der Waals surface area contributed by atoms with Crippen molar-refractivity contribution in [2.75, 3.05) is 5.32 Å². The molecule has 0 aliphatic rings. The summed E-state index contributed by atoms with van der Waals surface area (Å²) < 4.78 is 3.45. The average molecular weight is 364 g/mol. The van der Waals surface area contributed by atoms with Crippen LogP contribution in [0.1, 0.15) is 26.3 Å². The third-order valence-corrected chi connectivity index (χ3v) is 4.08. The van der Waals surface area contributed by atoms with Gasteiger partial charge in [-0.1, -0.05) is 0 Å². The van der Waals surface area contributed by atoms with Crippen LogP contribution in [0.2, 0.25) is 0 Å². The van der Waals surface area contributed by atoms with Crippen molar-refractivity contribution in [3.63, 3.8) is 0 Å². The lowest BCUT2D eigenvalue weighted by molar-refractivity contribution is 0.366. The molecule has 0 bridgehead atoms. The van der Waals surface area contributed by atoms with E-state index in [1.54, 1.807) is 28.0 Å². The molecule has 0 aliphatic carbocycles. The second kappa shape index (κ2) is 6.35. The molecule has 4 aromatic rings. The molecule has 0 aromatic carbocycles. The monoisotopic (exact) mass is 364 g/mol. The van der Waals surface area contributed by atoms with E-state index in [1.807, 2.05) is 45.2 Å². The summed E-state index contributed by atoms with van der Waals surface area (Å²) in [6, 6.07) is 5.67. The summed E-state index contributed by atoms with van der Waals surface area (Å²) in [5.41, 5.74) is 1.05. The van der Waals surface area contributed by atoms with Gasteiger partial charge in [-0.05, 0) is 44.5 Å². The minimum atomic E-state index is -0.274. The molecule has 4 aromatic heterocycles.